The molecular formula is C22H19BrClNO2. The van der Waals surface area contributed by atoms with E-state index in [2.05, 4.69) is 21.2 Å². The van der Waals surface area contributed by atoms with Gasteiger partial charge in [-0.05, 0) is 60.2 Å². The lowest BCUT2D eigenvalue weighted by Gasteiger charge is -2.20. The number of anilines is 1. The van der Waals surface area contributed by atoms with Gasteiger partial charge >= 0.3 is 0 Å². The van der Waals surface area contributed by atoms with Crippen LogP contribution in [0, 0.1) is 0 Å². The van der Waals surface area contributed by atoms with Gasteiger partial charge in [0.15, 0.2) is 5.78 Å². The number of halogens is 2. The lowest BCUT2D eigenvalue weighted by molar-refractivity contribution is 0.0976. The number of hydrogen-bond donors (Lipinski definition) is 1. The van der Waals surface area contributed by atoms with Crippen molar-refractivity contribution < 1.29 is 9.53 Å². The Morgan fingerprint density at radius 3 is 2.41 bits per heavy atom. The molecule has 0 saturated heterocycles. The molecule has 3 rings (SSSR count). The monoisotopic (exact) mass is 443 g/mol. The minimum Gasteiger partial charge on any atom is -0.497 e. The highest BCUT2D eigenvalue weighted by molar-refractivity contribution is 9.10. The second-order valence-corrected chi connectivity index (χ2v) is 7.47. The van der Waals surface area contributed by atoms with Crippen LogP contribution in [0.25, 0.3) is 0 Å². The molecule has 0 aliphatic rings. The van der Waals surface area contributed by atoms with Crippen molar-refractivity contribution in [2.45, 2.75) is 12.5 Å². The summed E-state index contributed by atoms with van der Waals surface area (Å²) >= 11 is 9.56. The lowest BCUT2D eigenvalue weighted by Crippen LogP contribution is -2.16. The molecule has 0 unspecified atom stereocenters. The second-order valence-electron chi connectivity index (χ2n) is 6.11. The van der Waals surface area contributed by atoms with Crippen molar-refractivity contribution in [2.75, 3.05) is 12.4 Å². The van der Waals surface area contributed by atoms with E-state index in [1.54, 1.807) is 31.4 Å². The first-order chi connectivity index (χ1) is 13.0. The van der Waals surface area contributed by atoms with Crippen molar-refractivity contribution in [1.29, 1.82) is 0 Å². The first-order valence-corrected chi connectivity index (χ1v) is 9.67. The predicted molar refractivity (Wildman–Crippen MR) is 114 cm³/mol. The van der Waals surface area contributed by atoms with Gasteiger partial charge in [0, 0.05) is 27.2 Å². The van der Waals surface area contributed by atoms with E-state index in [9.17, 15) is 4.79 Å². The maximum atomic E-state index is 12.8. The van der Waals surface area contributed by atoms with Crippen molar-refractivity contribution in [1.82, 2.24) is 0 Å². The predicted octanol–water partition coefficient (Wildman–Crippen LogP) is 6.54. The van der Waals surface area contributed by atoms with Gasteiger partial charge in [-0.3, -0.25) is 4.79 Å². The van der Waals surface area contributed by atoms with Crippen molar-refractivity contribution in [2.24, 2.45) is 0 Å². The van der Waals surface area contributed by atoms with E-state index in [-0.39, 0.29) is 11.8 Å². The number of methoxy groups -OCH3 is 1. The molecule has 0 heterocycles. The fourth-order valence-corrected chi connectivity index (χ4v) is 3.26. The summed E-state index contributed by atoms with van der Waals surface area (Å²) in [6.45, 7) is 0. The Balaban J connectivity index is 1.84. The SMILES string of the molecule is COc1ccc(C(=O)C[C@H](Nc2cccc(Cl)c2)c2ccc(Br)cc2)cc1. The van der Waals surface area contributed by atoms with E-state index < -0.39 is 0 Å². The van der Waals surface area contributed by atoms with E-state index in [0.29, 0.717) is 17.0 Å². The number of Topliss-reactive ketones (excluding diaryl/α,β-unsaturated/α-hetero) is 1. The molecular weight excluding hydrogens is 426 g/mol. The smallest absolute Gasteiger partial charge is 0.165 e. The molecule has 138 valence electrons. The Bertz CT molecular complexity index is 910. The van der Waals surface area contributed by atoms with Crippen LogP contribution < -0.4 is 10.1 Å². The Morgan fingerprint density at radius 1 is 1.07 bits per heavy atom. The Kier molecular flexibility index (Phi) is 6.54. The molecule has 5 heteroatoms. The highest BCUT2D eigenvalue weighted by Gasteiger charge is 2.18. The van der Waals surface area contributed by atoms with Gasteiger partial charge in [-0.25, -0.2) is 0 Å². The number of nitrogens with one attached hydrogen (secondary N) is 1. The summed E-state index contributed by atoms with van der Waals surface area (Å²) in [5, 5.41) is 4.08. The number of carbonyl (C=O) groups is 1. The molecule has 27 heavy (non-hydrogen) atoms. The third-order valence-corrected chi connectivity index (χ3v) is 5.00. The molecule has 3 aromatic carbocycles. The average molecular weight is 445 g/mol. The molecule has 0 aliphatic carbocycles. The molecule has 1 N–H and O–H groups in total. The van der Waals surface area contributed by atoms with E-state index in [1.807, 2.05) is 48.5 Å². The number of hydrogen-bond acceptors (Lipinski definition) is 3. The standard InChI is InChI=1S/C22H19BrClNO2/c1-27-20-11-7-16(8-12-20)22(26)14-21(15-5-9-17(23)10-6-15)25-19-4-2-3-18(24)13-19/h2-13,21,25H,14H2,1H3/t21-/m0/s1. The molecule has 0 spiro atoms. The van der Waals surface area contributed by atoms with Crippen LogP contribution >= 0.6 is 27.5 Å². The fourth-order valence-electron chi connectivity index (χ4n) is 2.81. The zero-order chi connectivity index (χ0) is 19.2. The van der Waals surface area contributed by atoms with Crippen LogP contribution in [0.5, 0.6) is 5.75 Å². The van der Waals surface area contributed by atoms with Gasteiger partial charge in [-0.1, -0.05) is 45.7 Å². The van der Waals surface area contributed by atoms with Crippen molar-refractivity contribution in [3.8, 4) is 5.75 Å². The third-order valence-electron chi connectivity index (χ3n) is 4.24. The van der Waals surface area contributed by atoms with Crippen LogP contribution in [-0.4, -0.2) is 12.9 Å². The zero-order valence-electron chi connectivity index (χ0n) is 14.8. The summed E-state index contributed by atoms with van der Waals surface area (Å²) in [6, 6.07) is 22.5. The average Bonchev–Trinajstić information content (AvgIpc) is 2.68. The summed E-state index contributed by atoms with van der Waals surface area (Å²) in [5.41, 5.74) is 2.56. The number of carbonyl (C=O) groups excluding carboxylic acids is 1. The molecule has 0 aliphatic heterocycles. The van der Waals surface area contributed by atoms with Crippen molar-refractivity contribution in [3.05, 3.63) is 93.4 Å². The van der Waals surface area contributed by atoms with Crippen molar-refractivity contribution >= 4 is 39.0 Å². The van der Waals surface area contributed by atoms with Crippen LogP contribution in [0.15, 0.2) is 77.3 Å². The van der Waals surface area contributed by atoms with Gasteiger partial charge in [0.2, 0.25) is 0 Å². The van der Waals surface area contributed by atoms with E-state index in [4.69, 9.17) is 16.3 Å². The van der Waals surface area contributed by atoms with Crippen LogP contribution in [0.3, 0.4) is 0 Å². The number of ketones is 1. The van der Waals surface area contributed by atoms with Crippen LogP contribution in [-0.2, 0) is 0 Å². The number of benzene rings is 3. The van der Waals surface area contributed by atoms with E-state index in [0.717, 1.165) is 21.5 Å². The molecule has 0 aromatic heterocycles. The Morgan fingerprint density at radius 2 is 1.78 bits per heavy atom. The first-order valence-electron chi connectivity index (χ1n) is 8.50. The minimum atomic E-state index is -0.175. The van der Waals surface area contributed by atoms with Gasteiger partial charge in [0.1, 0.15) is 5.75 Å². The molecule has 3 aromatic rings. The van der Waals surface area contributed by atoms with Crippen LogP contribution in [0.1, 0.15) is 28.4 Å². The fraction of sp³-hybridized carbons (Fsp3) is 0.136. The van der Waals surface area contributed by atoms with Crippen LogP contribution in [0.2, 0.25) is 5.02 Å². The minimum absolute atomic E-state index is 0.0556. The lowest BCUT2D eigenvalue weighted by atomic mass is 9.97. The summed E-state index contributed by atoms with van der Waals surface area (Å²) in [6.07, 6.45) is 0.320. The van der Waals surface area contributed by atoms with Gasteiger partial charge in [-0.15, -0.1) is 0 Å². The third kappa shape index (κ3) is 5.34. The van der Waals surface area contributed by atoms with Gasteiger partial charge < -0.3 is 10.1 Å². The topological polar surface area (TPSA) is 38.3 Å². The molecule has 0 fully saturated rings. The quantitative estimate of drug-likeness (QED) is 0.421. The largest absolute Gasteiger partial charge is 0.497 e. The normalized spacial score (nSPS) is 11.7. The van der Waals surface area contributed by atoms with Gasteiger partial charge in [0.05, 0.1) is 13.2 Å². The second kappa shape index (κ2) is 9.07. The molecule has 0 amide bonds. The summed E-state index contributed by atoms with van der Waals surface area (Å²) in [4.78, 5) is 12.8. The Hall–Kier alpha value is -2.30. The highest BCUT2D eigenvalue weighted by atomic mass is 79.9. The molecule has 1 atom stereocenters. The number of ether oxygens (including phenoxy) is 1. The summed E-state index contributed by atoms with van der Waals surface area (Å²) < 4.78 is 6.15. The van der Waals surface area contributed by atoms with Crippen molar-refractivity contribution in [3.63, 3.8) is 0 Å². The van der Waals surface area contributed by atoms with Gasteiger partial charge in [-0.2, -0.15) is 0 Å². The first kappa shape index (κ1) is 19.5. The number of rotatable bonds is 7. The van der Waals surface area contributed by atoms with Crippen LogP contribution in [0.4, 0.5) is 5.69 Å². The van der Waals surface area contributed by atoms with Gasteiger partial charge in [0.25, 0.3) is 0 Å². The summed E-state index contributed by atoms with van der Waals surface area (Å²) in [7, 11) is 1.61. The van der Waals surface area contributed by atoms with E-state index >= 15 is 0 Å². The Labute approximate surface area is 172 Å². The van der Waals surface area contributed by atoms with E-state index in [1.165, 1.54) is 0 Å². The maximum Gasteiger partial charge on any atom is 0.165 e. The molecule has 0 saturated carbocycles. The zero-order valence-corrected chi connectivity index (χ0v) is 17.1. The highest BCUT2D eigenvalue weighted by Crippen LogP contribution is 2.27. The molecule has 0 bridgehead atoms. The molecule has 0 radical (unpaired) electrons. The summed E-state index contributed by atoms with van der Waals surface area (Å²) in [5.74, 6) is 0.785. The maximum absolute atomic E-state index is 12.8. The molecule has 3 nitrogen and oxygen atoms in total.